The topological polar surface area (TPSA) is 69.0 Å². The summed E-state index contributed by atoms with van der Waals surface area (Å²) in [5, 5.41) is 0.480. The van der Waals surface area contributed by atoms with Gasteiger partial charge in [0, 0.05) is 6.54 Å². The highest BCUT2D eigenvalue weighted by molar-refractivity contribution is 5.99. The predicted molar refractivity (Wildman–Crippen MR) is 148 cm³/mol. The molecule has 6 nitrogen and oxygen atoms in total. The first-order chi connectivity index (χ1) is 18.3. The highest BCUT2D eigenvalue weighted by atomic mass is 16.5. The average Bonchev–Trinajstić information content (AvgIpc) is 3.18. The molecule has 1 aliphatic rings. The zero-order chi connectivity index (χ0) is 27.0. The Kier molecular flexibility index (Phi) is 6.98. The predicted octanol–water partition coefficient (Wildman–Crippen LogP) is 6.65. The van der Waals surface area contributed by atoms with E-state index in [9.17, 15) is 9.59 Å². The van der Waals surface area contributed by atoms with Crippen LogP contribution in [-0.4, -0.2) is 24.5 Å². The molecule has 1 unspecified atom stereocenters. The van der Waals surface area contributed by atoms with E-state index in [4.69, 9.17) is 13.9 Å². The van der Waals surface area contributed by atoms with E-state index < -0.39 is 6.04 Å². The maximum Gasteiger partial charge on any atom is 0.291 e. The van der Waals surface area contributed by atoms with Gasteiger partial charge in [0.15, 0.2) is 16.9 Å². The van der Waals surface area contributed by atoms with Crippen molar-refractivity contribution >= 4 is 16.9 Å². The smallest absolute Gasteiger partial charge is 0.291 e. The number of fused-ring (bicyclic) bond motifs is 2. The van der Waals surface area contributed by atoms with Gasteiger partial charge in [-0.2, -0.15) is 0 Å². The summed E-state index contributed by atoms with van der Waals surface area (Å²) in [6.45, 7) is 8.99. The molecule has 1 atom stereocenters. The summed E-state index contributed by atoms with van der Waals surface area (Å²) in [5.74, 6) is 0.998. The quantitative estimate of drug-likeness (QED) is 0.248. The fourth-order valence-corrected chi connectivity index (χ4v) is 4.98. The third-order valence-electron chi connectivity index (χ3n) is 7.31. The van der Waals surface area contributed by atoms with Crippen LogP contribution in [0, 0.1) is 20.8 Å². The average molecular weight is 512 g/mol. The van der Waals surface area contributed by atoms with E-state index in [1.54, 1.807) is 12.0 Å². The molecule has 0 saturated carbocycles. The van der Waals surface area contributed by atoms with Crippen LogP contribution in [0.25, 0.3) is 11.0 Å². The van der Waals surface area contributed by atoms with Crippen molar-refractivity contribution in [3.63, 3.8) is 0 Å². The molecule has 0 aliphatic carbocycles. The fourth-order valence-electron chi connectivity index (χ4n) is 4.98. The molecule has 38 heavy (non-hydrogen) atoms. The minimum atomic E-state index is -0.625. The minimum absolute atomic E-state index is 0.102. The van der Waals surface area contributed by atoms with Gasteiger partial charge < -0.3 is 18.8 Å². The molecule has 1 aliphatic heterocycles. The number of hydrogen-bond acceptors (Lipinski definition) is 5. The standard InChI is InChI=1S/C32H33NO5/c1-6-7-14-37-25-13-12-23(17-27(25)36-5)29-28-30(34)24-15-20(3)21(4)16-26(24)38-31(28)32(35)33(29)18-22-10-8-19(2)9-11-22/h8-13,15-17,29H,6-7,14,18H2,1-5H3. The zero-order valence-corrected chi connectivity index (χ0v) is 22.6. The lowest BCUT2D eigenvalue weighted by Crippen LogP contribution is -2.29. The number of hydrogen-bond donors (Lipinski definition) is 0. The summed E-state index contributed by atoms with van der Waals surface area (Å²) in [6.07, 6.45) is 1.96. The highest BCUT2D eigenvalue weighted by Crippen LogP contribution is 2.42. The van der Waals surface area contributed by atoms with Gasteiger partial charge in [-0.1, -0.05) is 49.2 Å². The summed E-state index contributed by atoms with van der Waals surface area (Å²) < 4.78 is 17.8. The van der Waals surface area contributed by atoms with E-state index in [0.29, 0.717) is 41.2 Å². The maximum atomic E-state index is 14.0. The maximum absolute atomic E-state index is 14.0. The summed E-state index contributed by atoms with van der Waals surface area (Å²) in [5.41, 5.74) is 5.48. The second-order valence-electron chi connectivity index (χ2n) is 10.0. The van der Waals surface area contributed by atoms with Gasteiger partial charge >= 0.3 is 0 Å². The second-order valence-corrected chi connectivity index (χ2v) is 10.0. The molecule has 5 rings (SSSR count). The molecule has 0 N–H and O–H groups in total. The van der Waals surface area contributed by atoms with Crippen LogP contribution in [0.1, 0.15) is 69.7 Å². The van der Waals surface area contributed by atoms with Gasteiger partial charge in [-0.05, 0) is 73.7 Å². The number of carbonyl (C=O) groups excluding carboxylic acids is 1. The molecular weight excluding hydrogens is 478 g/mol. The largest absolute Gasteiger partial charge is 0.493 e. The monoisotopic (exact) mass is 511 g/mol. The SMILES string of the molecule is CCCCOc1ccc(C2c3c(oc4cc(C)c(C)cc4c3=O)C(=O)N2Cc2ccc(C)cc2)cc1OC. The lowest BCUT2D eigenvalue weighted by Gasteiger charge is -2.26. The number of rotatable bonds is 8. The van der Waals surface area contributed by atoms with E-state index in [1.165, 1.54) is 0 Å². The molecule has 1 aromatic heterocycles. The van der Waals surface area contributed by atoms with Crippen molar-refractivity contribution in [2.45, 2.75) is 53.1 Å². The summed E-state index contributed by atoms with van der Waals surface area (Å²) in [6, 6.07) is 16.7. The molecule has 0 bridgehead atoms. The van der Waals surface area contributed by atoms with Crippen LogP contribution in [0.15, 0.2) is 63.8 Å². The Balaban J connectivity index is 1.67. The Bertz CT molecular complexity index is 1570. The summed E-state index contributed by atoms with van der Waals surface area (Å²) in [4.78, 5) is 29.5. The number of amides is 1. The Morgan fingerprint density at radius 1 is 0.921 bits per heavy atom. The molecule has 196 valence electrons. The lowest BCUT2D eigenvalue weighted by atomic mass is 9.97. The van der Waals surface area contributed by atoms with Crippen LogP contribution in [0.2, 0.25) is 0 Å². The van der Waals surface area contributed by atoms with Crippen LogP contribution >= 0.6 is 0 Å². The van der Waals surface area contributed by atoms with Gasteiger partial charge in [-0.25, -0.2) is 0 Å². The molecule has 1 amide bonds. The van der Waals surface area contributed by atoms with Crippen LogP contribution < -0.4 is 14.9 Å². The molecule has 0 saturated heterocycles. The number of ether oxygens (including phenoxy) is 2. The minimum Gasteiger partial charge on any atom is -0.493 e. The molecule has 4 aromatic rings. The van der Waals surface area contributed by atoms with E-state index in [2.05, 4.69) is 6.92 Å². The van der Waals surface area contributed by atoms with Crippen LogP contribution in [0.3, 0.4) is 0 Å². The van der Waals surface area contributed by atoms with E-state index in [-0.39, 0.29) is 17.1 Å². The molecular formula is C32H33NO5. The first-order valence-electron chi connectivity index (χ1n) is 13.1. The number of benzene rings is 3. The third kappa shape index (κ3) is 4.55. The van der Waals surface area contributed by atoms with Crippen molar-refractivity contribution in [2.24, 2.45) is 0 Å². The number of carbonyl (C=O) groups is 1. The second kappa shape index (κ2) is 10.4. The number of aryl methyl sites for hydroxylation is 3. The highest BCUT2D eigenvalue weighted by Gasteiger charge is 2.43. The first kappa shape index (κ1) is 25.6. The number of nitrogens with zero attached hydrogens (tertiary/aromatic N) is 1. The van der Waals surface area contributed by atoms with Crippen molar-refractivity contribution in [3.8, 4) is 11.5 Å². The van der Waals surface area contributed by atoms with Crippen molar-refractivity contribution in [1.82, 2.24) is 4.90 Å². The Morgan fingerprint density at radius 2 is 1.66 bits per heavy atom. The van der Waals surface area contributed by atoms with Crippen molar-refractivity contribution < 1.29 is 18.7 Å². The Hall–Kier alpha value is -4.06. The van der Waals surface area contributed by atoms with Gasteiger partial charge in [-0.3, -0.25) is 9.59 Å². The van der Waals surface area contributed by atoms with E-state index >= 15 is 0 Å². The third-order valence-corrected chi connectivity index (χ3v) is 7.31. The van der Waals surface area contributed by atoms with Crippen LogP contribution in [0.4, 0.5) is 0 Å². The van der Waals surface area contributed by atoms with Gasteiger partial charge in [0.25, 0.3) is 5.91 Å². The van der Waals surface area contributed by atoms with Gasteiger partial charge in [0.2, 0.25) is 5.76 Å². The fraction of sp³-hybridized carbons (Fsp3) is 0.312. The van der Waals surface area contributed by atoms with Crippen LogP contribution in [0.5, 0.6) is 11.5 Å². The zero-order valence-electron chi connectivity index (χ0n) is 22.6. The van der Waals surface area contributed by atoms with Gasteiger partial charge in [-0.15, -0.1) is 0 Å². The summed E-state index contributed by atoms with van der Waals surface area (Å²) in [7, 11) is 1.59. The van der Waals surface area contributed by atoms with Crippen molar-refractivity contribution in [3.05, 3.63) is 104 Å². The molecule has 0 radical (unpaired) electrons. The van der Waals surface area contributed by atoms with Crippen molar-refractivity contribution in [2.75, 3.05) is 13.7 Å². The number of unbranched alkanes of at least 4 members (excludes halogenated alkanes) is 1. The van der Waals surface area contributed by atoms with E-state index in [0.717, 1.165) is 40.7 Å². The normalized spacial score (nSPS) is 14.7. The van der Waals surface area contributed by atoms with Crippen molar-refractivity contribution in [1.29, 1.82) is 0 Å². The number of methoxy groups -OCH3 is 1. The molecule has 0 fully saturated rings. The molecule has 2 heterocycles. The first-order valence-corrected chi connectivity index (χ1v) is 13.1. The molecule has 6 heteroatoms. The molecule has 3 aromatic carbocycles. The van der Waals surface area contributed by atoms with Crippen LogP contribution in [-0.2, 0) is 6.54 Å². The van der Waals surface area contributed by atoms with Gasteiger partial charge in [0.1, 0.15) is 5.58 Å². The Labute approximate surface area is 222 Å². The Morgan fingerprint density at radius 3 is 2.37 bits per heavy atom. The van der Waals surface area contributed by atoms with E-state index in [1.807, 2.05) is 75.4 Å². The van der Waals surface area contributed by atoms with Gasteiger partial charge in [0.05, 0.1) is 30.7 Å². The lowest BCUT2D eigenvalue weighted by molar-refractivity contribution is 0.0714. The summed E-state index contributed by atoms with van der Waals surface area (Å²) >= 11 is 0. The molecule has 0 spiro atoms.